The molecule has 1 aliphatic heterocycles. The number of halogens is 1. The van der Waals surface area contributed by atoms with Gasteiger partial charge in [-0.1, -0.05) is 12.0 Å². The predicted octanol–water partition coefficient (Wildman–Crippen LogP) is 3.76. The Balaban J connectivity index is 0.00000243. The summed E-state index contributed by atoms with van der Waals surface area (Å²) in [5, 5.41) is 8.48. The van der Waals surface area contributed by atoms with Gasteiger partial charge in [-0.25, -0.2) is 0 Å². The zero-order chi connectivity index (χ0) is 17.3. The van der Waals surface area contributed by atoms with Crippen molar-refractivity contribution in [2.24, 2.45) is 4.99 Å². The molecule has 0 bridgehead atoms. The van der Waals surface area contributed by atoms with Crippen molar-refractivity contribution in [2.45, 2.75) is 12.8 Å². The topological polar surface area (TPSA) is 54.9 Å². The Bertz CT molecular complexity index is 757. The number of hydrogen-bond donors (Lipinski definition) is 2. The molecule has 5 nitrogen and oxygen atoms in total. The van der Waals surface area contributed by atoms with Crippen LogP contribution in [-0.4, -0.2) is 32.3 Å². The number of ether oxygens (including phenoxy) is 2. The van der Waals surface area contributed by atoms with Gasteiger partial charge in [0.15, 0.2) is 17.5 Å². The number of thiophene rings is 1. The summed E-state index contributed by atoms with van der Waals surface area (Å²) >= 11 is 1.74. The molecule has 0 unspecified atom stereocenters. The van der Waals surface area contributed by atoms with Crippen molar-refractivity contribution >= 4 is 47.0 Å². The fourth-order valence-corrected chi connectivity index (χ4v) is 3.08. The predicted molar refractivity (Wildman–Crippen MR) is 118 cm³/mol. The Morgan fingerprint density at radius 3 is 2.85 bits per heavy atom. The molecule has 138 valence electrons. The highest BCUT2D eigenvalue weighted by Gasteiger charge is 2.11. The van der Waals surface area contributed by atoms with Crippen LogP contribution >= 0.6 is 35.3 Å². The van der Waals surface area contributed by atoms with E-state index in [-0.39, 0.29) is 24.0 Å². The smallest absolute Gasteiger partial charge is 0.196 e. The van der Waals surface area contributed by atoms with E-state index < -0.39 is 0 Å². The van der Waals surface area contributed by atoms with Gasteiger partial charge in [0.1, 0.15) is 0 Å². The molecular weight excluding hydrogens is 461 g/mol. The lowest BCUT2D eigenvalue weighted by Crippen LogP contribution is -2.31. The monoisotopic (exact) mass is 483 g/mol. The first-order valence-electron chi connectivity index (χ1n) is 8.26. The van der Waals surface area contributed by atoms with Crippen molar-refractivity contribution in [3.63, 3.8) is 0 Å². The van der Waals surface area contributed by atoms with E-state index in [2.05, 4.69) is 39.1 Å². The van der Waals surface area contributed by atoms with E-state index in [0.29, 0.717) is 32.3 Å². The first kappa shape index (κ1) is 20.4. The highest BCUT2D eigenvalue weighted by molar-refractivity contribution is 14.0. The van der Waals surface area contributed by atoms with E-state index in [4.69, 9.17) is 15.9 Å². The van der Waals surface area contributed by atoms with Crippen LogP contribution in [0.3, 0.4) is 0 Å². The van der Waals surface area contributed by atoms with Crippen LogP contribution in [0.15, 0.2) is 40.7 Å². The van der Waals surface area contributed by atoms with Crippen molar-refractivity contribution in [1.82, 2.24) is 5.32 Å². The number of fused-ring (bicyclic) bond motifs is 1. The average molecular weight is 483 g/mol. The molecule has 0 saturated heterocycles. The van der Waals surface area contributed by atoms with Gasteiger partial charge < -0.3 is 20.1 Å². The maximum Gasteiger partial charge on any atom is 0.196 e. The number of guanidine groups is 1. The van der Waals surface area contributed by atoms with Crippen LogP contribution in [-0.2, 0) is 6.42 Å². The molecular formula is C19H22IN3O2S. The third-order valence-electron chi connectivity index (χ3n) is 3.58. The molecule has 0 amide bonds. The van der Waals surface area contributed by atoms with Crippen molar-refractivity contribution in [3.8, 4) is 23.8 Å². The van der Waals surface area contributed by atoms with E-state index in [1.807, 2.05) is 18.2 Å². The number of anilines is 1. The molecule has 2 heterocycles. The van der Waals surface area contributed by atoms with Gasteiger partial charge in [-0.3, -0.25) is 4.99 Å². The summed E-state index contributed by atoms with van der Waals surface area (Å²) in [7, 11) is 0. The van der Waals surface area contributed by atoms with Crippen molar-refractivity contribution < 1.29 is 9.47 Å². The van der Waals surface area contributed by atoms with Crippen LogP contribution < -0.4 is 20.1 Å². The second-order valence-electron chi connectivity index (χ2n) is 5.45. The molecule has 0 radical (unpaired) electrons. The first-order valence-corrected chi connectivity index (χ1v) is 9.14. The summed E-state index contributed by atoms with van der Waals surface area (Å²) in [6, 6.07) is 9.95. The van der Waals surface area contributed by atoms with Crippen LogP contribution in [0.1, 0.15) is 11.3 Å². The average Bonchev–Trinajstić information content (AvgIpc) is 3.03. The van der Waals surface area contributed by atoms with Gasteiger partial charge in [0.25, 0.3) is 0 Å². The summed E-state index contributed by atoms with van der Waals surface area (Å²) in [6.45, 7) is 2.44. The second-order valence-corrected chi connectivity index (χ2v) is 6.49. The fraction of sp³-hybridized carbons (Fsp3) is 0.316. The zero-order valence-electron chi connectivity index (χ0n) is 14.4. The quantitative estimate of drug-likeness (QED) is 0.295. The summed E-state index contributed by atoms with van der Waals surface area (Å²) in [4.78, 5) is 5.91. The molecule has 2 N–H and O–H groups in total. The molecule has 7 heteroatoms. The van der Waals surface area contributed by atoms with Crippen molar-refractivity contribution in [3.05, 3.63) is 40.6 Å². The van der Waals surface area contributed by atoms with Gasteiger partial charge in [-0.15, -0.1) is 41.7 Å². The molecule has 26 heavy (non-hydrogen) atoms. The zero-order valence-corrected chi connectivity index (χ0v) is 17.5. The molecule has 0 aliphatic carbocycles. The molecule has 2 aromatic rings. The number of nitrogens with one attached hydrogen (secondary N) is 2. The lowest BCUT2D eigenvalue weighted by Gasteiger charge is -2.13. The van der Waals surface area contributed by atoms with Crippen LogP contribution in [0.4, 0.5) is 5.69 Å². The Hall–Kier alpha value is -1.92. The highest BCUT2D eigenvalue weighted by atomic mass is 127. The van der Waals surface area contributed by atoms with Gasteiger partial charge in [0, 0.05) is 36.0 Å². The lowest BCUT2D eigenvalue weighted by atomic mass is 10.2. The lowest BCUT2D eigenvalue weighted by molar-refractivity contribution is 0.297. The van der Waals surface area contributed by atoms with Gasteiger partial charge in [-0.05, 0) is 23.6 Å². The summed E-state index contributed by atoms with van der Waals surface area (Å²) in [5.74, 6) is 4.75. The van der Waals surface area contributed by atoms with Crippen LogP contribution in [0.5, 0.6) is 11.5 Å². The Labute approximate surface area is 175 Å². The molecule has 1 aromatic carbocycles. The van der Waals surface area contributed by atoms with E-state index >= 15 is 0 Å². The van der Waals surface area contributed by atoms with Crippen LogP contribution in [0.25, 0.3) is 0 Å². The molecule has 0 atom stereocenters. The molecule has 1 aliphatic rings. The third kappa shape index (κ3) is 6.11. The number of benzene rings is 1. The first-order chi connectivity index (χ1) is 12.3. The van der Waals surface area contributed by atoms with E-state index in [1.54, 1.807) is 11.3 Å². The summed E-state index contributed by atoms with van der Waals surface area (Å²) < 4.78 is 11.4. The minimum atomic E-state index is 0. The number of rotatable bonds is 5. The van der Waals surface area contributed by atoms with E-state index in [9.17, 15) is 0 Å². The standard InChI is InChI=1S/C19H21N3O2S.HI/c1-2-9-20-19(21-10-8-16-5-3-13-25-16)22-15-6-7-17-18(14-15)24-12-4-11-23-17;/h1,3,5-7,13-14H,4,8-12H2,(H2,20,21,22);1H. The van der Waals surface area contributed by atoms with E-state index in [1.165, 1.54) is 4.88 Å². The third-order valence-corrected chi connectivity index (χ3v) is 4.51. The number of nitrogens with zero attached hydrogens (tertiary/aromatic N) is 1. The Morgan fingerprint density at radius 2 is 2.08 bits per heavy atom. The molecule has 0 spiro atoms. The minimum absolute atomic E-state index is 0. The number of hydrogen-bond acceptors (Lipinski definition) is 4. The molecule has 1 aromatic heterocycles. The highest BCUT2D eigenvalue weighted by Crippen LogP contribution is 2.32. The largest absolute Gasteiger partial charge is 0.490 e. The second kappa shape index (κ2) is 10.9. The van der Waals surface area contributed by atoms with Gasteiger partial charge in [0.05, 0.1) is 19.8 Å². The molecule has 0 fully saturated rings. The van der Waals surface area contributed by atoms with Crippen molar-refractivity contribution in [1.29, 1.82) is 0 Å². The maximum atomic E-state index is 5.73. The minimum Gasteiger partial charge on any atom is -0.490 e. The van der Waals surface area contributed by atoms with Crippen LogP contribution in [0.2, 0.25) is 0 Å². The van der Waals surface area contributed by atoms with Gasteiger partial charge in [-0.2, -0.15) is 0 Å². The SMILES string of the molecule is C#CCNC(=NCCc1cccs1)Nc1ccc2c(c1)OCCCO2.I. The summed E-state index contributed by atoms with van der Waals surface area (Å²) in [5.41, 5.74) is 0.878. The van der Waals surface area contributed by atoms with Gasteiger partial charge >= 0.3 is 0 Å². The van der Waals surface area contributed by atoms with Gasteiger partial charge in [0.2, 0.25) is 0 Å². The van der Waals surface area contributed by atoms with Crippen molar-refractivity contribution in [2.75, 3.05) is 31.6 Å². The fourth-order valence-electron chi connectivity index (χ4n) is 2.38. The maximum absolute atomic E-state index is 5.73. The number of terminal acetylenes is 1. The summed E-state index contributed by atoms with van der Waals surface area (Å²) in [6.07, 6.45) is 7.14. The normalized spacial score (nSPS) is 13.1. The van der Waals surface area contributed by atoms with E-state index in [0.717, 1.165) is 30.0 Å². The molecule has 0 saturated carbocycles. The van der Waals surface area contributed by atoms with Crippen LogP contribution in [0, 0.1) is 12.3 Å². The Morgan fingerprint density at radius 1 is 1.23 bits per heavy atom. The molecule has 3 rings (SSSR count). The number of aliphatic imine (C=N–C) groups is 1. The Kier molecular flexibility index (Phi) is 8.58.